The van der Waals surface area contributed by atoms with E-state index in [-0.39, 0.29) is 11.5 Å². The van der Waals surface area contributed by atoms with Crippen molar-refractivity contribution in [2.75, 3.05) is 13.7 Å². The van der Waals surface area contributed by atoms with Crippen molar-refractivity contribution >= 4 is 16.8 Å². The maximum absolute atomic E-state index is 12.4. The van der Waals surface area contributed by atoms with Crippen LogP contribution in [0.2, 0.25) is 0 Å². The Labute approximate surface area is 167 Å². The molecule has 4 rings (SSSR count). The highest BCUT2D eigenvalue weighted by atomic mass is 16.5. The third kappa shape index (κ3) is 4.06. The Hall–Kier alpha value is -3.80. The number of aromatic nitrogens is 2. The van der Waals surface area contributed by atoms with E-state index in [1.807, 2.05) is 59.4 Å². The minimum atomic E-state index is -0.161. The second-order valence-corrected chi connectivity index (χ2v) is 6.72. The molecule has 2 N–H and O–H groups in total. The predicted molar refractivity (Wildman–Crippen MR) is 113 cm³/mol. The average Bonchev–Trinajstić information content (AvgIpc) is 3.28. The number of benzene rings is 2. The van der Waals surface area contributed by atoms with Gasteiger partial charge in [0.1, 0.15) is 5.75 Å². The molecule has 0 aliphatic heterocycles. The van der Waals surface area contributed by atoms with E-state index in [2.05, 4.69) is 10.3 Å². The topological polar surface area (TPSA) is 76.1 Å². The summed E-state index contributed by atoms with van der Waals surface area (Å²) in [6.07, 6.45) is 4.35. The molecular weight excluding hydrogens is 366 g/mol. The lowest BCUT2D eigenvalue weighted by Crippen LogP contribution is -2.27. The van der Waals surface area contributed by atoms with Gasteiger partial charge in [-0.25, -0.2) is 0 Å². The SMILES string of the molecule is COc1ccc2cc(CCNC(=O)c3ccc(-n4cccc4)cc3)c(=O)[nH]c2c1. The summed E-state index contributed by atoms with van der Waals surface area (Å²) in [5.41, 5.74) is 2.78. The summed E-state index contributed by atoms with van der Waals surface area (Å²) in [6, 6.07) is 18.7. The van der Waals surface area contributed by atoms with Crippen LogP contribution in [0, 0.1) is 0 Å². The fourth-order valence-electron chi connectivity index (χ4n) is 3.24. The Balaban J connectivity index is 1.40. The van der Waals surface area contributed by atoms with Crippen LogP contribution in [0.25, 0.3) is 16.6 Å². The van der Waals surface area contributed by atoms with E-state index in [4.69, 9.17) is 4.74 Å². The Kier molecular flexibility index (Phi) is 5.16. The van der Waals surface area contributed by atoms with Crippen molar-refractivity contribution in [2.45, 2.75) is 6.42 Å². The zero-order valence-corrected chi connectivity index (χ0v) is 16.0. The Morgan fingerprint density at radius 1 is 1.07 bits per heavy atom. The number of hydrogen-bond donors (Lipinski definition) is 2. The maximum atomic E-state index is 12.4. The van der Waals surface area contributed by atoms with Crippen LogP contribution in [-0.4, -0.2) is 29.1 Å². The number of rotatable bonds is 6. The second-order valence-electron chi connectivity index (χ2n) is 6.72. The van der Waals surface area contributed by atoms with Crippen LogP contribution < -0.4 is 15.6 Å². The van der Waals surface area contributed by atoms with Gasteiger partial charge in [-0.2, -0.15) is 0 Å². The summed E-state index contributed by atoms with van der Waals surface area (Å²) in [5, 5.41) is 3.80. The molecule has 0 radical (unpaired) electrons. The van der Waals surface area contributed by atoms with Gasteiger partial charge in [-0.05, 0) is 66.4 Å². The molecule has 0 saturated heterocycles. The van der Waals surface area contributed by atoms with E-state index in [1.54, 1.807) is 25.3 Å². The van der Waals surface area contributed by atoms with Gasteiger partial charge in [0, 0.05) is 41.8 Å². The van der Waals surface area contributed by atoms with E-state index in [1.165, 1.54) is 0 Å². The fourth-order valence-corrected chi connectivity index (χ4v) is 3.24. The summed E-state index contributed by atoms with van der Waals surface area (Å²) >= 11 is 0. The average molecular weight is 387 g/mol. The van der Waals surface area contributed by atoms with Gasteiger partial charge in [0.05, 0.1) is 12.6 Å². The molecule has 0 aliphatic rings. The van der Waals surface area contributed by atoms with Crippen molar-refractivity contribution in [3.05, 3.63) is 94.5 Å². The number of H-pyrrole nitrogens is 1. The highest BCUT2D eigenvalue weighted by molar-refractivity contribution is 5.94. The first-order valence-corrected chi connectivity index (χ1v) is 9.35. The van der Waals surface area contributed by atoms with Crippen LogP contribution in [0.4, 0.5) is 0 Å². The summed E-state index contributed by atoms with van der Waals surface area (Å²) in [4.78, 5) is 27.6. The predicted octanol–water partition coefficient (Wildman–Crippen LogP) is 3.30. The zero-order valence-electron chi connectivity index (χ0n) is 16.0. The maximum Gasteiger partial charge on any atom is 0.251 e. The molecule has 29 heavy (non-hydrogen) atoms. The number of hydrogen-bond acceptors (Lipinski definition) is 3. The van der Waals surface area contributed by atoms with Crippen molar-refractivity contribution in [1.82, 2.24) is 14.9 Å². The number of nitrogens with zero attached hydrogens (tertiary/aromatic N) is 1. The first-order chi connectivity index (χ1) is 14.1. The van der Waals surface area contributed by atoms with Crippen LogP contribution in [0.1, 0.15) is 15.9 Å². The number of fused-ring (bicyclic) bond motifs is 1. The molecule has 0 aliphatic carbocycles. The van der Waals surface area contributed by atoms with Crippen molar-refractivity contribution in [2.24, 2.45) is 0 Å². The van der Waals surface area contributed by atoms with Gasteiger partial charge < -0.3 is 19.6 Å². The Morgan fingerprint density at radius 2 is 1.83 bits per heavy atom. The molecule has 2 heterocycles. The fraction of sp³-hybridized carbons (Fsp3) is 0.130. The number of carbonyl (C=O) groups is 1. The molecule has 0 unspecified atom stereocenters. The molecule has 0 atom stereocenters. The molecule has 6 heteroatoms. The number of carbonyl (C=O) groups excluding carboxylic acids is 1. The summed E-state index contributed by atoms with van der Waals surface area (Å²) in [7, 11) is 1.59. The van der Waals surface area contributed by atoms with Crippen molar-refractivity contribution < 1.29 is 9.53 Å². The lowest BCUT2D eigenvalue weighted by molar-refractivity contribution is 0.0954. The molecule has 0 saturated carbocycles. The molecule has 0 bridgehead atoms. The molecule has 2 aromatic heterocycles. The van der Waals surface area contributed by atoms with Gasteiger partial charge in [-0.1, -0.05) is 0 Å². The smallest absolute Gasteiger partial charge is 0.251 e. The molecule has 0 spiro atoms. The minimum Gasteiger partial charge on any atom is -0.497 e. The lowest BCUT2D eigenvalue weighted by Gasteiger charge is -2.08. The monoisotopic (exact) mass is 387 g/mol. The minimum absolute atomic E-state index is 0.156. The molecule has 146 valence electrons. The number of methoxy groups -OCH3 is 1. The number of ether oxygens (including phenoxy) is 1. The second kappa shape index (κ2) is 8.06. The van der Waals surface area contributed by atoms with Gasteiger partial charge >= 0.3 is 0 Å². The van der Waals surface area contributed by atoms with E-state index < -0.39 is 0 Å². The van der Waals surface area contributed by atoms with Crippen LogP contribution in [0.15, 0.2) is 77.9 Å². The largest absolute Gasteiger partial charge is 0.497 e. The van der Waals surface area contributed by atoms with Crippen LogP contribution in [0.5, 0.6) is 5.75 Å². The van der Waals surface area contributed by atoms with Gasteiger partial charge in [0.15, 0.2) is 0 Å². The van der Waals surface area contributed by atoms with E-state index in [0.29, 0.717) is 29.8 Å². The zero-order chi connectivity index (χ0) is 20.2. The molecule has 0 fully saturated rings. The van der Waals surface area contributed by atoms with E-state index >= 15 is 0 Å². The third-order valence-corrected chi connectivity index (χ3v) is 4.84. The number of nitrogens with one attached hydrogen (secondary N) is 2. The van der Waals surface area contributed by atoms with Gasteiger partial charge in [0.2, 0.25) is 0 Å². The quantitative estimate of drug-likeness (QED) is 0.533. The molecule has 2 aromatic carbocycles. The van der Waals surface area contributed by atoms with Crippen LogP contribution in [0.3, 0.4) is 0 Å². The van der Waals surface area contributed by atoms with Gasteiger partial charge in [-0.15, -0.1) is 0 Å². The highest BCUT2D eigenvalue weighted by Gasteiger charge is 2.08. The molecule has 4 aromatic rings. The molecule has 6 nitrogen and oxygen atoms in total. The first kappa shape index (κ1) is 18.6. The van der Waals surface area contributed by atoms with Gasteiger partial charge in [-0.3, -0.25) is 9.59 Å². The Bertz CT molecular complexity index is 1190. The first-order valence-electron chi connectivity index (χ1n) is 9.35. The van der Waals surface area contributed by atoms with Crippen LogP contribution >= 0.6 is 0 Å². The van der Waals surface area contributed by atoms with Gasteiger partial charge in [0.25, 0.3) is 11.5 Å². The lowest BCUT2D eigenvalue weighted by atomic mass is 10.1. The molecular formula is C23H21N3O3. The number of amides is 1. The van der Waals surface area contributed by atoms with Crippen LogP contribution in [-0.2, 0) is 6.42 Å². The summed E-state index contributed by atoms with van der Waals surface area (Å²) < 4.78 is 7.16. The van der Waals surface area contributed by atoms with Crippen molar-refractivity contribution in [3.63, 3.8) is 0 Å². The standard InChI is InChI=1S/C23H21N3O3/c1-29-20-9-6-17-14-18(23(28)25-21(17)15-20)10-11-24-22(27)16-4-7-19(8-5-16)26-12-2-3-13-26/h2-9,12-15H,10-11H2,1H3,(H,24,27)(H,25,28). The van der Waals surface area contributed by atoms with E-state index in [9.17, 15) is 9.59 Å². The summed E-state index contributed by atoms with van der Waals surface area (Å²) in [6.45, 7) is 0.378. The Morgan fingerprint density at radius 3 is 2.55 bits per heavy atom. The van der Waals surface area contributed by atoms with Crippen molar-refractivity contribution in [1.29, 1.82) is 0 Å². The number of aromatic amines is 1. The number of pyridine rings is 1. The summed E-state index contributed by atoms with van der Waals surface area (Å²) in [5.74, 6) is 0.530. The third-order valence-electron chi connectivity index (χ3n) is 4.84. The highest BCUT2D eigenvalue weighted by Crippen LogP contribution is 2.18. The van der Waals surface area contributed by atoms with Crippen molar-refractivity contribution in [3.8, 4) is 11.4 Å². The molecule has 1 amide bonds. The normalized spacial score (nSPS) is 10.8. The van der Waals surface area contributed by atoms with E-state index in [0.717, 1.165) is 16.6 Å².